The minimum Gasteiger partial charge on any atom is -0.479 e. The number of methoxy groups -OCH3 is 1. The number of rotatable bonds is 7. The molecule has 0 spiro atoms. The second kappa shape index (κ2) is 7.34. The van der Waals surface area contributed by atoms with Crippen molar-refractivity contribution in [2.45, 2.75) is 32.4 Å². The Labute approximate surface area is 140 Å². The molecular weight excluding hydrogens is 364 g/mol. The van der Waals surface area contributed by atoms with Crippen LogP contribution in [0.3, 0.4) is 0 Å². The van der Waals surface area contributed by atoms with Gasteiger partial charge in [-0.05, 0) is 34.1 Å². The number of nitrogens with zero attached hydrogens (tertiary/aromatic N) is 4. The molecule has 0 N–H and O–H groups in total. The summed E-state index contributed by atoms with van der Waals surface area (Å²) in [4.78, 5) is 0. The zero-order valence-electron chi connectivity index (χ0n) is 13.3. The lowest BCUT2D eigenvalue weighted by atomic mass is 10.2. The van der Waals surface area contributed by atoms with Crippen molar-refractivity contribution < 1.29 is 9.47 Å². The smallest absolute Gasteiger partial charge is 0.242 e. The molecule has 0 fully saturated rings. The van der Waals surface area contributed by atoms with E-state index in [0.717, 1.165) is 28.5 Å². The summed E-state index contributed by atoms with van der Waals surface area (Å²) in [5.41, 5.74) is 1.58. The maximum Gasteiger partial charge on any atom is 0.242 e. The van der Waals surface area contributed by atoms with Crippen LogP contribution >= 0.6 is 15.9 Å². The molecule has 2 heterocycles. The third-order valence-corrected chi connectivity index (χ3v) is 5.44. The molecule has 0 bridgehead atoms. The van der Waals surface area contributed by atoms with E-state index in [0.29, 0.717) is 12.6 Å². The molecule has 6 nitrogen and oxygen atoms in total. The fourth-order valence-corrected chi connectivity index (χ4v) is 2.97. The molecule has 0 unspecified atom stereocenters. The summed E-state index contributed by atoms with van der Waals surface area (Å²) in [7, 11) is 0.502. The molecule has 0 saturated carbocycles. The van der Waals surface area contributed by atoms with E-state index in [1.54, 1.807) is 18.0 Å². The Bertz CT molecular complexity index is 628. The van der Waals surface area contributed by atoms with Crippen LogP contribution in [-0.4, -0.2) is 41.8 Å². The van der Waals surface area contributed by atoms with Gasteiger partial charge >= 0.3 is 0 Å². The topological polar surface area (TPSA) is 62.1 Å². The van der Waals surface area contributed by atoms with Crippen molar-refractivity contribution in [2.75, 3.05) is 13.7 Å². The first-order valence-corrected chi connectivity index (χ1v) is 11.6. The fourth-order valence-electron chi connectivity index (χ4n) is 1.81. The van der Waals surface area contributed by atoms with Gasteiger partial charge < -0.3 is 9.47 Å². The van der Waals surface area contributed by atoms with Crippen LogP contribution in [0.1, 0.15) is 0 Å². The van der Waals surface area contributed by atoms with Crippen LogP contribution in [0.5, 0.6) is 5.88 Å². The van der Waals surface area contributed by atoms with Crippen molar-refractivity contribution in [1.29, 1.82) is 0 Å². The lowest BCUT2D eigenvalue weighted by Gasteiger charge is -2.15. The van der Waals surface area contributed by atoms with Crippen molar-refractivity contribution in [2.24, 2.45) is 0 Å². The van der Waals surface area contributed by atoms with Crippen molar-refractivity contribution in [3.05, 3.63) is 22.9 Å². The zero-order chi connectivity index (χ0) is 16.2. The normalized spacial score (nSPS) is 11.7. The van der Waals surface area contributed by atoms with Crippen molar-refractivity contribution in [1.82, 2.24) is 20.0 Å². The molecule has 0 atom stereocenters. The summed E-state index contributed by atoms with van der Waals surface area (Å²) in [6.07, 6.45) is 1.62. The molecule has 0 amide bonds. The van der Waals surface area contributed by atoms with Gasteiger partial charge in [0.1, 0.15) is 11.3 Å². The maximum atomic E-state index is 5.73. The molecule has 0 aliphatic heterocycles. The summed E-state index contributed by atoms with van der Waals surface area (Å²) in [5, 5.41) is 12.3. The van der Waals surface area contributed by atoms with Crippen molar-refractivity contribution >= 4 is 24.0 Å². The highest BCUT2D eigenvalue weighted by Gasteiger charge is 2.14. The highest BCUT2D eigenvalue weighted by Crippen LogP contribution is 2.28. The Morgan fingerprint density at radius 2 is 2.09 bits per heavy atom. The highest BCUT2D eigenvalue weighted by molar-refractivity contribution is 9.10. The SMILES string of the molecule is COc1nnccc1-c1cc(Br)n(COCC[Si](C)(C)C)n1. The van der Waals surface area contributed by atoms with Gasteiger partial charge in [-0.1, -0.05) is 19.6 Å². The molecule has 120 valence electrons. The first-order chi connectivity index (χ1) is 10.4. The van der Waals surface area contributed by atoms with Gasteiger partial charge in [0.15, 0.2) is 0 Å². The number of ether oxygens (including phenoxy) is 2. The molecule has 8 heteroatoms. The largest absolute Gasteiger partial charge is 0.479 e. The summed E-state index contributed by atoms with van der Waals surface area (Å²) >= 11 is 3.50. The Morgan fingerprint density at radius 3 is 2.77 bits per heavy atom. The van der Waals surface area contributed by atoms with Gasteiger partial charge in [0.05, 0.1) is 24.6 Å². The van der Waals surface area contributed by atoms with Crippen LogP contribution in [0.15, 0.2) is 22.9 Å². The van der Waals surface area contributed by atoms with Crippen molar-refractivity contribution in [3.8, 4) is 17.1 Å². The van der Waals surface area contributed by atoms with Gasteiger partial charge in [0.25, 0.3) is 0 Å². The predicted octanol–water partition coefficient (Wildman–Crippen LogP) is 3.42. The van der Waals surface area contributed by atoms with Crippen LogP contribution in [0.4, 0.5) is 0 Å². The first-order valence-electron chi connectivity index (χ1n) is 7.08. The van der Waals surface area contributed by atoms with Gasteiger partial charge in [-0.15, -0.1) is 5.10 Å². The van der Waals surface area contributed by atoms with Crippen LogP contribution < -0.4 is 4.74 Å². The Balaban J connectivity index is 2.05. The molecular formula is C14H21BrN4O2Si. The van der Waals surface area contributed by atoms with Crippen LogP contribution in [-0.2, 0) is 11.5 Å². The van der Waals surface area contributed by atoms with Gasteiger partial charge in [-0.25, -0.2) is 4.68 Å². The van der Waals surface area contributed by atoms with E-state index >= 15 is 0 Å². The van der Waals surface area contributed by atoms with Gasteiger partial charge in [0.2, 0.25) is 5.88 Å². The van der Waals surface area contributed by atoms with E-state index in [4.69, 9.17) is 9.47 Å². The zero-order valence-corrected chi connectivity index (χ0v) is 15.9. The minimum atomic E-state index is -1.07. The third kappa shape index (κ3) is 4.62. The maximum absolute atomic E-state index is 5.73. The lowest BCUT2D eigenvalue weighted by molar-refractivity contribution is 0.0771. The monoisotopic (exact) mass is 384 g/mol. The molecule has 22 heavy (non-hydrogen) atoms. The Kier molecular flexibility index (Phi) is 5.71. The molecule has 0 saturated heterocycles. The number of aromatic nitrogens is 4. The van der Waals surface area contributed by atoms with E-state index in [-0.39, 0.29) is 0 Å². The van der Waals surface area contributed by atoms with Crippen LogP contribution in [0.2, 0.25) is 25.7 Å². The van der Waals surface area contributed by atoms with Crippen LogP contribution in [0.25, 0.3) is 11.3 Å². The average Bonchev–Trinajstić information content (AvgIpc) is 2.83. The standard InChI is InChI=1S/C14H21BrN4O2Si/c1-20-14-11(5-6-16-17-14)12-9-13(15)19(18-12)10-21-7-8-22(2,3)4/h5-6,9H,7-8,10H2,1-4H3. The summed E-state index contributed by atoms with van der Waals surface area (Å²) in [6, 6.07) is 4.89. The van der Waals surface area contributed by atoms with Gasteiger partial charge in [0, 0.05) is 14.7 Å². The summed E-state index contributed by atoms with van der Waals surface area (Å²) < 4.78 is 13.6. The summed E-state index contributed by atoms with van der Waals surface area (Å²) in [6.45, 7) is 8.19. The van der Waals surface area contributed by atoms with Crippen molar-refractivity contribution in [3.63, 3.8) is 0 Å². The fraction of sp³-hybridized carbons (Fsp3) is 0.500. The molecule has 0 aromatic carbocycles. The van der Waals surface area contributed by atoms with Gasteiger partial charge in [-0.2, -0.15) is 10.2 Å². The highest BCUT2D eigenvalue weighted by atomic mass is 79.9. The van der Waals surface area contributed by atoms with E-state index < -0.39 is 8.07 Å². The molecule has 0 aliphatic carbocycles. The number of halogens is 1. The molecule has 0 aliphatic rings. The molecule has 2 aromatic heterocycles. The molecule has 0 radical (unpaired) electrons. The van der Waals surface area contributed by atoms with E-state index in [2.05, 4.69) is 50.9 Å². The lowest BCUT2D eigenvalue weighted by Crippen LogP contribution is -2.22. The third-order valence-electron chi connectivity index (χ3n) is 3.10. The number of hydrogen-bond acceptors (Lipinski definition) is 5. The minimum absolute atomic E-state index is 0.423. The predicted molar refractivity (Wildman–Crippen MR) is 91.6 cm³/mol. The van der Waals surface area contributed by atoms with E-state index in [1.807, 2.05) is 12.1 Å². The van der Waals surface area contributed by atoms with Crippen LogP contribution in [0, 0.1) is 0 Å². The van der Waals surface area contributed by atoms with E-state index in [9.17, 15) is 0 Å². The first kappa shape index (κ1) is 17.1. The quantitative estimate of drug-likeness (QED) is 0.540. The van der Waals surface area contributed by atoms with E-state index in [1.165, 1.54) is 0 Å². The molecule has 2 rings (SSSR count). The molecule has 2 aromatic rings. The van der Waals surface area contributed by atoms with Gasteiger partial charge in [-0.3, -0.25) is 0 Å². The second-order valence-corrected chi connectivity index (χ2v) is 12.6. The number of hydrogen-bond donors (Lipinski definition) is 0. The summed E-state index contributed by atoms with van der Waals surface area (Å²) in [5.74, 6) is 0.458. The second-order valence-electron chi connectivity index (χ2n) is 6.15. The Morgan fingerprint density at radius 1 is 1.32 bits per heavy atom. The Hall–Kier alpha value is -1.25. The average molecular weight is 385 g/mol.